The van der Waals surface area contributed by atoms with Gasteiger partial charge >= 0.3 is 0 Å². The van der Waals surface area contributed by atoms with Gasteiger partial charge in [-0.05, 0) is 79.7 Å². The van der Waals surface area contributed by atoms with E-state index in [9.17, 15) is 14.4 Å². The van der Waals surface area contributed by atoms with Gasteiger partial charge in [0.15, 0.2) is 0 Å². The summed E-state index contributed by atoms with van der Waals surface area (Å²) in [4.78, 5) is 39.0. The zero-order valence-corrected chi connectivity index (χ0v) is 19.3. The molecule has 0 atom stereocenters. The molecule has 1 saturated heterocycles. The Bertz CT molecular complexity index is 1260. The van der Waals surface area contributed by atoms with Crippen molar-refractivity contribution in [2.75, 3.05) is 19.0 Å². The van der Waals surface area contributed by atoms with Crippen LogP contribution in [0.1, 0.15) is 16.8 Å². The number of amides is 3. The second kappa shape index (κ2) is 9.38. The van der Waals surface area contributed by atoms with Crippen LogP contribution in [0.2, 0.25) is 0 Å². The molecule has 0 spiro atoms. The number of hydrogen-bond acceptors (Lipinski definition) is 5. The second-order valence-electron chi connectivity index (χ2n) is 7.64. The normalized spacial score (nSPS) is 14.8. The summed E-state index contributed by atoms with van der Waals surface area (Å²) in [5.41, 5.74) is 4.59. The van der Waals surface area contributed by atoms with Crippen molar-refractivity contribution >= 4 is 40.6 Å². The number of methoxy groups -OCH3 is 1. The number of carbonyl (C=O) groups excluding carboxylic acids is 3. The van der Waals surface area contributed by atoms with Gasteiger partial charge in [-0.3, -0.25) is 19.3 Å². The molecule has 0 unspecified atom stereocenters. The minimum atomic E-state index is -0.483. The van der Waals surface area contributed by atoms with Crippen molar-refractivity contribution in [1.29, 1.82) is 0 Å². The van der Waals surface area contributed by atoms with Crippen molar-refractivity contribution in [2.24, 2.45) is 0 Å². The minimum Gasteiger partial charge on any atom is -0.497 e. The van der Waals surface area contributed by atoms with Crippen LogP contribution in [-0.2, 0) is 9.59 Å². The maximum Gasteiger partial charge on any atom is 0.294 e. The molecule has 8 heteroatoms. The fourth-order valence-corrected chi connectivity index (χ4v) is 4.42. The van der Waals surface area contributed by atoms with Gasteiger partial charge < -0.3 is 14.6 Å². The summed E-state index contributed by atoms with van der Waals surface area (Å²) in [6.45, 7) is 3.71. The molecule has 0 aliphatic carbocycles. The fourth-order valence-electron chi connectivity index (χ4n) is 3.60. The largest absolute Gasteiger partial charge is 0.497 e. The summed E-state index contributed by atoms with van der Waals surface area (Å²) in [5.74, 6) is -0.278. The van der Waals surface area contributed by atoms with Crippen molar-refractivity contribution in [3.05, 3.63) is 82.5 Å². The number of aromatic nitrogens is 1. The van der Waals surface area contributed by atoms with E-state index in [1.807, 2.05) is 48.9 Å². The molecule has 3 aromatic rings. The third-order valence-electron chi connectivity index (χ3n) is 5.22. The number of anilines is 1. The molecule has 2 heterocycles. The van der Waals surface area contributed by atoms with Gasteiger partial charge in [0, 0.05) is 23.3 Å². The maximum absolute atomic E-state index is 12.9. The van der Waals surface area contributed by atoms with Gasteiger partial charge in [-0.25, -0.2) is 0 Å². The molecule has 168 valence electrons. The number of nitrogens with one attached hydrogen (secondary N) is 1. The minimum absolute atomic E-state index is 0.280. The Balaban J connectivity index is 1.49. The average Bonchev–Trinajstić information content (AvgIpc) is 3.34. The van der Waals surface area contributed by atoms with Crippen LogP contribution in [0.3, 0.4) is 0 Å². The Morgan fingerprint density at radius 2 is 1.85 bits per heavy atom. The first kappa shape index (κ1) is 22.4. The van der Waals surface area contributed by atoms with E-state index in [1.54, 1.807) is 37.5 Å². The number of rotatable bonds is 6. The number of ether oxygens (including phenoxy) is 1. The van der Waals surface area contributed by atoms with E-state index in [0.717, 1.165) is 33.6 Å². The molecule has 33 heavy (non-hydrogen) atoms. The van der Waals surface area contributed by atoms with Crippen LogP contribution >= 0.6 is 11.8 Å². The van der Waals surface area contributed by atoms with Crippen molar-refractivity contribution in [3.63, 3.8) is 0 Å². The van der Waals surface area contributed by atoms with Gasteiger partial charge in [0.1, 0.15) is 12.3 Å². The van der Waals surface area contributed by atoms with Crippen LogP contribution in [0.15, 0.2) is 65.7 Å². The van der Waals surface area contributed by atoms with Crippen molar-refractivity contribution in [3.8, 4) is 11.4 Å². The van der Waals surface area contributed by atoms with Crippen LogP contribution in [0.4, 0.5) is 10.5 Å². The molecule has 7 nitrogen and oxygen atoms in total. The maximum atomic E-state index is 12.9. The quantitative estimate of drug-likeness (QED) is 0.535. The zero-order valence-electron chi connectivity index (χ0n) is 18.5. The molecule has 1 aliphatic rings. The number of hydrogen-bond donors (Lipinski definition) is 1. The summed E-state index contributed by atoms with van der Waals surface area (Å²) in [5, 5.41) is 2.22. The molecular formula is C25H23N3O4S. The number of aryl methyl sites for hydroxylation is 2. The SMILES string of the molecule is COc1ccc(NC(=O)CN2C(=O)S/C(=C\c3cccn3-c3ccc(C)cc3C)C2=O)cc1. The molecule has 1 N–H and O–H groups in total. The van der Waals surface area contributed by atoms with Crippen molar-refractivity contribution < 1.29 is 19.1 Å². The molecule has 0 bridgehead atoms. The molecule has 0 saturated carbocycles. The van der Waals surface area contributed by atoms with E-state index < -0.39 is 17.1 Å². The lowest BCUT2D eigenvalue weighted by atomic mass is 10.1. The molecule has 1 aromatic heterocycles. The van der Waals surface area contributed by atoms with Gasteiger partial charge in [0.05, 0.1) is 12.0 Å². The molecule has 3 amide bonds. The summed E-state index contributed by atoms with van der Waals surface area (Å²) in [6.07, 6.45) is 3.60. The van der Waals surface area contributed by atoms with Crippen molar-refractivity contribution in [1.82, 2.24) is 9.47 Å². The molecular weight excluding hydrogens is 438 g/mol. The monoisotopic (exact) mass is 461 g/mol. The molecule has 1 aliphatic heterocycles. The zero-order chi connectivity index (χ0) is 23.5. The first-order chi connectivity index (χ1) is 15.9. The Kier molecular flexibility index (Phi) is 6.37. The lowest BCUT2D eigenvalue weighted by Gasteiger charge is -2.13. The van der Waals surface area contributed by atoms with Gasteiger partial charge in [0.25, 0.3) is 11.1 Å². The highest BCUT2D eigenvalue weighted by Crippen LogP contribution is 2.33. The predicted octanol–water partition coefficient (Wildman–Crippen LogP) is 4.78. The first-order valence-electron chi connectivity index (χ1n) is 10.3. The Morgan fingerprint density at radius 3 is 2.55 bits per heavy atom. The van der Waals surface area contributed by atoms with E-state index in [4.69, 9.17) is 4.74 Å². The number of benzene rings is 2. The topological polar surface area (TPSA) is 80.6 Å². The highest BCUT2D eigenvalue weighted by atomic mass is 32.2. The third-order valence-corrected chi connectivity index (χ3v) is 6.13. The van der Waals surface area contributed by atoms with Crippen LogP contribution in [0.25, 0.3) is 11.8 Å². The van der Waals surface area contributed by atoms with Crippen LogP contribution in [0, 0.1) is 13.8 Å². The average molecular weight is 462 g/mol. The Hall–Kier alpha value is -3.78. The van der Waals surface area contributed by atoms with E-state index >= 15 is 0 Å². The van der Waals surface area contributed by atoms with Gasteiger partial charge in [-0.1, -0.05) is 17.7 Å². The highest BCUT2D eigenvalue weighted by Gasteiger charge is 2.36. The third kappa shape index (κ3) is 4.85. The van der Waals surface area contributed by atoms with E-state index in [1.165, 1.54) is 5.56 Å². The van der Waals surface area contributed by atoms with Crippen LogP contribution in [-0.4, -0.2) is 40.2 Å². The second-order valence-corrected chi connectivity index (χ2v) is 8.63. The van der Waals surface area contributed by atoms with E-state index in [0.29, 0.717) is 11.4 Å². The summed E-state index contributed by atoms with van der Waals surface area (Å²) < 4.78 is 7.06. The fraction of sp³-hybridized carbons (Fsp3) is 0.160. The molecule has 4 rings (SSSR count). The van der Waals surface area contributed by atoms with E-state index in [-0.39, 0.29) is 11.4 Å². The predicted molar refractivity (Wildman–Crippen MR) is 130 cm³/mol. The summed E-state index contributed by atoms with van der Waals surface area (Å²) in [6, 6.07) is 16.7. The lowest BCUT2D eigenvalue weighted by Crippen LogP contribution is -2.36. The van der Waals surface area contributed by atoms with Crippen LogP contribution < -0.4 is 10.1 Å². The number of carbonyl (C=O) groups is 3. The molecule has 1 fully saturated rings. The standard InChI is InChI=1S/C25H23N3O4S/c1-16-6-11-21(17(2)13-16)27-12-4-5-19(27)14-22-24(30)28(25(31)33-22)15-23(29)26-18-7-9-20(32-3)10-8-18/h4-14H,15H2,1-3H3,(H,26,29)/b22-14-. The number of nitrogens with zero attached hydrogens (tertiary/aromatic N) is 2. The van der Waals surface area contributed by atoms with Gasteiger partial charge in [0.2, 0.25) is 5.91 Å². The number of imide groups is 1. The summed E-state index contributed by atoms with van der Waals surface area (Å²) >= 11 is 0.832. The molecule has 0 radical (unpaired) electrons. The lowest BCUT2D eigenvalue weighted by molar-refractivity contribution is -0.127. The van der Waals surface area contributed by atoms with Gasteiger partial charge in [-0.2, -0.15) is 0 Å². The molecule has 2 aromatic carbocycles. The Morgan fingerprint density at radius 1 is 1.09 bits per heavy atom. The Labute approximate surface area is 196 Å². The van der Waals surface area contributed by atoms with E-state index in [2.05, 4.69) is 11.4 Å². The number of thioether (sulfide) groups is 1. The summed E-state index contributed by atoms with van der Waals surface area (Å²) in [7, 11) is 1.56. The van der Waals surface area contributed by atoms with Gasteiger partial charge in [-0.15, -0.1) is 0 Å². The van der Waals surface area contributed by atoms with Crippen molar-refractivity contribution in [2.45, 2.75) is 13.8 Å². The van der Waals surface area contributed by atoms with Crippen LogP contribution in [0.5, 0.6) is 5.75 Å². The first-order valence-corrected chi connectivity index (χ1v) is 11.1. The smallest absolute Gasteiger partial charge is 0.294 e. The highest BCUT2D eigenvalue weighted by molar-refractivity contribution is 8.18.